The molecule has 45 heavy (non-hydrogen) atoms. The Balaban J connectivity index is 1.32. The molecular weight excluding hydrogens is 584 g/mol. The highest BCUT2D eigenvalue weighted by Gasteiger charge is 2.22. The van der Waals surface area contributed by atoms with Crippen LogP contribution in [0.4, 0.5) is 0 Å². The summed E-state index contributed by atoms with van der Waals surface area (Å²) in [5, 5.41) is 23.5. The minimum Gasteiger partial charge on any atom is -0.508 e. The van der Waals surface area contributed by atoms with Gasteiger partial charge in [-0.05, 0) is 100 Å². The fourth-order valence-electron chi connectivity index (χ4n) is 5.73. The molecule has 6 nitrogen and oxygen atoms in total. The van der Waals surface area contributed by atoms with E-state index in [1.807, 2.05) is 42.5 Å². The normalized spacial score (nSPS) is 12.1. The van der Waals surface area contributed by atoms with Gasteiger partial charge in [0.15, 0.2) is 0 Å². The number of rotatable bonds is 15. The number of carbonyl (C=O) groups is 1. The molecule has 0 radical (unpaired) electrons. The van der Waals surface area contributed by atoms with Crippen LogP contribution in [0.1, 0.15) is 72.6 Å². The summed E-state index contributed by atoms with van der Waals surface area (Å²) in [5.41, 5.74) is 4.77. The van der Waals surface area contributed by atoms with Gasteiger partial charge in [-0.15, -0.1) is 0 Å². The van der Waals surface area contributed by atoms with E-state index in [4.69, 9.17) is 16.3 Å². The molecule has 3 N–H and O–H groups in total. The van der Waals surface area contributed by atoms with Crippen LogP contribution < -0.4 is 10.1 Å². The quantitative estimate of drug-likeness (QED) is 0.124. The van der Waals surface area contributed by atoms with E-state index in [0.29, 0.717) is 49.4 Å². The number of hydrogen-bond donors (Lipinski definition) is 3. The topological polar surface area (TPSA) is 82.0 Å². The first kappa shape index (κ1) is 33.9. The molecule has 0 aliphatic heterocycles. The lowest BCUT2D eigenvalue weighted by molar-refractivity contribution is 0.0954. The van der Waals surface area contributed by atoms with E-state index in [-0.39, 0.29) is 22.6 Å². The Morgan fingerprint density at radius 3 is 2.16 bits per heavy atom. The third kappa shape index (κ3) is 9.74. The Morgan fingerprint density at radius 1 is 0.822 bits per heavy atom. The molecule has 0 aliphatic rings. The van der Waals surface area contributed by atoms with Gasteiger partial charge in [0.2, 0.25) is 0 Å². The largest absolute Gasteiger partial charge is 0.508 e. The summed E-state index contributed by atoms with van der Waals surface area (Å²) in [6, 6.07) is 29.6. The molecule has 0 heterocycles. The van der Waals surface area contributed by atoms with Gasteiger partial charge in [-0.2, -0.15) is 0 Å². The standard InChI is InChI=1S/C38H45ClN2O4/c1-26(2)41(27(3)4)22-19-33(30-8-6-5-7-9-30)34-24-29(12-16-36(34)42)20-23-45-32-14-10-28(11-15-32)18-21-40-38(44)31-13-17-37(43)35(39)25-31/h5-17,24-27,33,42-43H,18-23H2,1-4H3,(H,40,44)/t33-/m1/s1. The average molecular weight is 629 g/mol. The number of halogens is 1. The van der Waals surface area contributed by atoms with Gasteiger partial charge in [-0.3, -0.25) is 9.69 Å². The molecule has 238 valence electrons. The van der Waals surface area contributed by atoms with Gasteiger partial charge < -0.3 is 20.3 Å². The number of carbonyl (C=O) groups excluding carboxylic acids is 1. The van der Waals surface area contributed by atoms with Crippen LogP contribution in [0.3, 0.4) is 0 Å². The Hall–Kier alpha value is -4.00. The number of hydrogen-bond acceptors (Lipinski definition) is 5. The Labute approximate surface area is 272 Å². The third-order valence-corrected chi connectivity index (χ3v) is 8.47. The number of ether oxygens (including phenoxy) is 1. The summed E-state index contributed by atoms with van der Waals surface area (Å²) in [6.45, 7) is 10.9. The zero-order chi connectivity index (χ0) is 32.3. The average Bonchev–Trinajstić information content (AvgIpc) is 3.02. The zero-order valence-corrected chi connectivity index (χ0v) is 27.4. The summed E-state index contributed by atoms with van der Waals surface area (Å²) in [4.78, 5) is 14.9. The highest BCUT2D eigenvalue weighted by Crippen LogP contribution is 2.35. The first-order chi connectivity index (χ1) is 21.6. The third-order valence-electron chi connectivity index (χ3n) is 8.16. The van der Waals surface area contributed by atoms with E-state index in [2.05, 4.69) is 68.2 Å². The van der Waals surface area contributed by atoms with Gasteiger partial charge >= 0.3 is 0 Å². The summed E-state index contributed by atoms with van der Waals surface area (Å²) >= 11 is 5.91. The van der Waals surface area contributed by atoms with Crippen molar-refractivity contribution in [3.8, 4) is 17.2 Å². The van der Waals surface area contributed by atoms with Crippen LogP contribution in [-0.4, -0.2) is 52.8 Å². The van der Waals surface area contributed by atoms with Gasteiger partial charge in [0.05, 0.1) is 11.6 Å². The van der Waals surface area contributed by atoms with Crippen LogP contribution >= 0.6 is 11.6 Å². The van der Waals surface area contributed by atoms with Crippen molar-refractivity contribution in [2.45, 2.75) is 65.0 Å². The molecule has 0 bridgehead atoms. The molecule has 4 aromatic rings. The first-order valence-electron chi connectivity index (χ1n) is 15.7. The molecule has 1 amide bonds. The number of amides is 1. The molecule has 0 saturated heterocycles. The highest BCUT2D eigenvalue weighted by molar-refractivity contribution is 6.32. The monoisotopic (exact) mass is 628 g/mol. The molecule has 0 saturated carbocycles. The minimum atomic E-state index is -0.239. The zero-order valence-electron chi connectivity index (χ0n) is 26.7. The lowest BCUT2D eigenvalue weighted by atomic mass is 9.86. The van der Waals surface area contributed by atoms with Gasteiger partial charge in [0, 0.05) is 42.1 Å². The van der Waals surface area contributed by atoms with Crippen molar-refractivity contribution in [2.24, 2.45) is 0 Å². The fraction of sp³-hybridized carbons (Fsp3) is 0.342. The van der Waals surface area contributed by atoms with Crippen molar-refractivity contribution in [3.63, 3.8) is 0 Å². The predicted molar refractivity (Wildman–Crippen MR) is 183 cm³/mol. The lowest BCUT2D eigenvalue weighted by Gasteiger charge is -2.32. The lowest BCUT2D eigenvalue weighted by Crippen LogP contribution is -2.38. The second-order valence-corrected chi connectivity index (χ2v) is 12.4. The highest BCUT2D eigenvalue weighted by atomic mass is 35.5. The van der Waals surface area contributed by atoms with Gasteiger partial charge in [-0.1, -0.05) is 66.2 Å². The maximum atomic E-state index is 12.4. The number of phenols is 2. The van der Waals surface area contributed by atoms with E-state index in [9.17, 15) is 15.0 Å². The molecular formula is C38H45ClN2O4. The van der Waals surface area contributed by atoms with Crippen LogP contribution in [0.5, 0.6) is 17.2 Å². The maximum Gasteiger partial charge on any atom is 0.251 e. The second kappa shape index (κ2) is 16.4. The summed E-state index contributed by atoms with van der Waals surface area (Å²) in [6.07, 6.45) is 2.30. The van der Waals surface area contributed by atoms with E-state index in [1.165, 1.54) is 23.8 Å². The molecule has 4 aromatic carbocycles. The molecule has 0 aromatic heterocycles. The summed E-state index contributed by atoms with van der Waals surface area (Å²) in [5.74, 6) is 0.907. The molecule has 0 spiro atoms. The number of nitrogens with zero attached hydrogens (tertiary/aromatic N) is 1. The molecule has 4 rings (SSSR count). The number of aromatic hydroxyl groups is 2. The number of benzene rings is 4. The van der Waals surface area contributed by atoms with Crippen molar-refractivity contribution in [3.05, 3.63) is 124 Å². The Morgan fingerprint density at radius 2 is 1.49 bits per heavy atom. The van der Waals surface area contributed by atoms with Gasteiger partial charge in [-0.25, -0.2) is 0 Å². The van der Waals surface area contributed by atoms with Crippen LogP contribution in [0.2, 0.25) is 5.02 Å². The predicted octanol–water partition coefficient (Wildman–Crippen LogP) is 7.99. The minimum absolute atomic E-state index is 0.0501. The Bertz CT molecular complexity index is 1520. The van der Waals surface area contributed by atoms with Gasteiger partial charge in [0.25, 0.3) is 5.91 Å². The molecule has 0 fully saturated rings. The molecule has 7 heteroatoms. The van der Waals surface area contributed by atoms with Crippen LogP contribution in [0, 0.1) is 0 Å². The molecule has 0 unspecified atom stereocenters. The Kier molecular flexibility index (Phi) is 12.3. The van der Waals surface area contributed by atoms with Crippen molar-refractivity contribution in [2.75, 3.05) is 19.7 Å². The fourth-order valence-corrected chi connectivity index (χ4v) is 5.91. The van der Waals surface area contributed by atoms with Crippen molar-refractivity contribution in [1.29, 1.82) is 0 Å². The number of nitrogens with one attached hydrogen (secondary N) is 1. The maximum absolute atomic E-state index is 12.4. The molecule has 0 aliphatic carbocycles. The SMILES string of the molecule is CC(C)N(CC[C@H](c1ccccc1)c1cc(CCOc2ccc(CCNC(=O)c3ccc(O)c(Cl)c3)cc2)ccc1O)C(C)C. The van der Waals surface area contributed by atoms with E-state index < -0.39 is 0 Å². The van der Waals surface area contributed by atoms with Crippen molar-refractivity contribution in [1.82, 2.24) is 10.2 Å². The summed E-state index contributed by atoms with van der Waals surface area (Å²) in [7, 11) is 0. The second-order valence-electron chi connectivity index (χ2n) is 12.0. The van der Waals surface area contributed by atoms with E-state index in [1.54, 1.807) is 0 Å². The van der Waals surface area contributed by atoms with Crippen molar-refractivity contribution >= 4 is 17.5 Å². The smallest absolute Gasteiger partial charge is 0.251 e. The van der Waals surface area contributed by atoms with Crippen LogP contribution in [0.15, 0.2) is 91.0 Å². The number of phenolic OH excluding ortho intramolecular Hbond substituents is 2. The van der Waals surface area contributed by atoms with E-state index in [0.717, 1.165) is 35.4 Å². The van der Waals surface area contributed by atoms with Gasteiger partial charge in [0.1, 0.15) is 17.2 Å². The van der Waals surface area contributed by atoms with E-state index >= 15 is 0 Å². The van der Waals surface area contributed by atoms with Crippen molar-refractivity contribution < 1.29 is 19.7 Å². The molecule has 1 atom stereocenters. The van der Waals surface area contributed by atoms with Crippen LogP contribution in [0.25, 0.3) is 0 Å². The first-order valence-corrected chi connectivity index (χ1v) is 16.1. The summed E-state index contributed by atoms with van der Waals surface area (Å²) < 4.78 is 6.06. The van der Waals surface area contributed by atoms with Crippen LogP contribution in [-0.2, 0) is 12.8 Å².